The Labute approximate surface area is 171 Å². The van der Waals surface area contributed by atoms with Crippen LogP contribution in [-0.2, 0) is 4.79 Å². The lowest BCUT2D eigenvalue weighted by Gasteiger charge is -2.27. The minimum atomic E-state index is -5.22. The highest BCUT2D eigenvalue weighted by molar-refractivity contribution is 5.87. The summed E-state index contributed by atoms with van der Waals surface area (Å²) in [5, 5.41) is -0.306. The van der Waals surface area contributed by atoms with E-state index in [1.165, 1.54) is 25.0 Å². The van der Waals surface area contributed by atoms with Crippen LogP contribution in [0.1, 0.15) is 51.9 Å². The zero-order chi connectivity index (χ0) is 21.9. The molecule has 0 N–H and O–H groups in total. The number of benzene rings is 2. The maximum Gasteiger partial charge on any atom is 0.573 e. The molecular formula is C22H23F5O3. The fourth-order valence-electron chi connectivity index (χ4n) is 3.94. The van der Waals surface area contributed by atoms with Crippen molar-refractivity contribution in [1.29, 1.82) is 0 Å². The molecule has 0 aliphatic heterocycles. The maximum atomic E-state index is 14.3. The van der Waals surface area contributed by atoms with Crippen molar-refractivity contribution in [3.63, 3.8) is 0 Å². The van der Waals surface area contributed by atoms with Gasteiger partial charge in [-0.25, -0.2) is 8.78 Å². The number of ether oxygens (including phenoxy) is 2. The summed E-state index contributed by atoms with van der Waals surface area (Å²) >= 11 is 0. The van der Waals surface area contributed by atoms with Crippen LogP contribution in [0.5, 0.6) is 11.5 Å². The van der Waals surface area contributed by atoms with E-state index in [0.29, 0.717) is 5.92 Å². The third-order valence-corrected chi connectivity index (χ3v) is 5.54. The predicted octanol–water partition coefficient (Wildman–Crippen LogP) is 6.92. The van der Waals surface area contributed by atoms with Crippen LogP contribution in [-0.4, -0.2) is 12.3 Å². The van der Waals surface area contributed by atoms with Gasteiger partial charge in [0.2, 0.25) is 5.75 Å². The van der Waals surface area contributed by atoms with Crippen LogP contribution < -0.4 is 9.47 Å². The third kappa shape index (κ3) is 5.40. The lowest BCUT2D eigenvalue weighted by Crippen LogP contribution is -2.25. The van der Waals surface area contributed by atoms with Crippen molar-refractivity contribution < 1.29 is 36.2 Å². The van der Waals surface area contributed by atoms with Gasteiger partial charge >= 0.3 is 12.3 Å². The minimum Gasteiger partial charge on any atom is -0.426 e. The third-order valence-electron chi connectivity index (χ3n) is 5.54. The van der Waals surface area contributed by atoms with Gasteiger partial charge in [0.15, 0.2) is 11.6 Å². The molecule has 0 amide bonds. The molecule has 0 unspecified atom stereocenters. The number of unbranched alkanes of at least 4 members (excludes halogenated alkanes) is 1. The number of esters is 1. The second-order valence-corrected chi connectivity index (χ2v) is 7.71. The molecule has 0 radical (unpaired) electrons. The lowest BCUT2D eigenvalue weighted by atomic mass is 9.80. The van der Waals surface area contributed by atoms with E-state index in [1.807, 2.05) is 0 Å². The second kappa shape index (κ2) is 9.18. The molecule has 0 aromatic heterocycles. The van der Waals surface area contributed by atoms with Crippen molar-refractivity contribution >= 4 is 16.7 Å². The van der Waals surface area contributed by atoms with Gasteiger partial charge in [0.25, 0.3) is 0 Å². The van der Waals surface area contributed by atoms with Crippen molar-refractivity contribution in [2.24, 2.45) is 11.8 Å². The monoisotopic (exact) mass is 430 g/mol. The van der Waals surface area contributed by atoms with Crippen LogP contribution in [0.15, 0.2) is 24.3 Å². The minimum absolute atomic E-state index is 0.0342. The fraction of sp³-hybridized carbons (Fsp3) is 0.500. The topological polar surface area (TPSA) is 35.5 Å². The van der Waals surface area contributed by atoms with E-state index >= 15 is 0 Å². The second-order valence-electron chi connectivity index (χ2n) is 7.71. The zero-order valence-electron chi connectivity index (χ0n) is 16.5. The molecule has 0 spiro atoms. The molecular weight excluding hydrogens is 407 g/mol. The summed E-state index contributed by atoms with van der Waals surface area (Å²) in [5.41, 5.74) is 0. The SMILES string of the molecule is CCCCC1CCC(C(=O)Oc2ccc3c(F)c(OC(F)(F)F)c(F)cc3c2)CC1. The number of halogens is 5. The average molecular weight is 430 g/mol. The highest BCUT2D eigenvalue weighted by Crippen LogP contribution is 2.36. The van der Waals surface area contributed by atoms with Crippen LogP contribution in [0.3, 0.4) is 0 Å². The van der Waals surface area contributed by atoms with Gasteiger partial charge in [0.1, 0.15) is 5.75 Å². The first-order valence-electron chi connectivity index (χ1n) is 10.1. The zero-order valence-corrected chi connectivity index (χ0v) is 16.5. The van der Waals surface area contributed by atoms with Gasteiger partial charge < -0.3 is 9.47 Å². The summed E-state index contributed by atoms with van der Waals surface area (Å²) in [4.78, 5) is 12.5. The molecule has 2 aromatic carbocycles. The van der Waals surface area contributed by atoms with Gasteiger partial charge in [-0.15, -0.1) is 13.2 Å². The normalized spacial score (nSPS) is 19.7. The largest absolute Gasteiger partial charge is 0.573 e. The van der Waals surface area contributed by atoms with Gasteiger partial charge in [-0.1, -0.05) is 26.2 Å². The molecule has 1 fully saturated rings. The Balaban J connectivity index is 1.70. The Morgan fingerprint density at radius 1 is 1.10 bits per heavy atom. The van der Waals surface area contributed by atoms with E-state index in [-0.39, 0.29) is 22.4 Å². The number of rotatable bonds is 6. The first-order chi connectivity index (χ1) is 14.2. The highest BCUT2D eigenvalue weighted by atomic mass is 19.4. The fourth-order valence-corrected chi connectivity index (χ4v) is 3.94. The molecule has 1 aliphatic rings. The van der Waals surface area contributed by atoms with Crippen LogP contribution in [0.2, 0.25) is 0 Å². The number of carbonyl (C=O) groups excluding carboxylic acids is 1. The molecule has 2 aromatic rings. The molecule has 8 heteroatoms. The standard InChI is InChI=1S/C22H23F5O3/c1-2-3-4-13-5-7-14(8-6-13)21(28)29-16-9-10-17-15(11-16)12-18(23)20(19(17)24)30-22(25,26)27/h9-14H,2-8H2,1H3. The molecule has 0 bridgehead atoms. The van der Waals surface area contributed by atoms with Crippen molar-refractivity contribution in [2.45, 2.75) is 58.2 Å². The van der Waals surface area contributed by atoms with Crippen LogP contribution in [0, 0.1) is 23.5 Å². The van der Waals surface area contributed by atoms with E-state index in [4.69, 9.17) is 4.74 Å². The van der Waals surface area contributed by atoms with Gasteiger partial charge in [-0.2, -0.15) is 0 Å². The number of alkyl halides is 3. The quantitative estimate of drug-likeness (QED) is 0.284. The lowest BCUT2D eigenvalue weighted by molar-refractivity contribution is -0.276. The van der Waals surface area contributed by atoms with Crippen LogP contribution >= 0.6 is 0 Å². The molecule has 164 valence electrons. The Kier molecular flexibility index (Phi) is 6.83. The van der Waals surface area contributed by atoms with Gasteiger partial charge in [-0.3, -0.25) is 4.79 Å². The van der Waals surface area contributed by atoms with Crippen molar-refractivity contribution in [2.75, 3.05) is 0 Å². The molecule has 1 aliphatic carbocycles. The summed E-state index contributed by atoms with van der Waals surface area (Å²) in [5.74, 6) is -4.38. The molecule has 3 nitrogen and oxygen atoms in total. The first kappa shape index (κ1) is 22.3. The van der Waals surface area contributed by atoms with E-state index in [9.17, 15) is 26.7 Å². The number of hydrogen-bond acceptors (Lipinski definition) is 3. The van der Waals surface area contributed by atoms with Crippen molar-refractivity contribution in [3.05, 3.63) is 35.9 Å². The number of carbonyl (C=O) groups is 1. The van der Waals surface area contributed by atoms with Crippen LogP contribution in [0.4, 0.5) is 22.0 Å². The summed E-state index contributed by atoms with van der Waals surface area (Å²) in [6.07, 6.45) is 1.69. The number of hydrogen-bond donors (Lipinski definition) is 0. The van der Waals surface area contributed by atoms with E-state index in [1.54, 1.807) is 0 Å². The van der Waals surface area contributed by atoms with E-state index in [0.717, 1.165) is 44.2 Å². The number of fused-ring (bicyclic) bond motifs is 1. The van der Waals surface area contributed by atoms with Gasteiger partial charge in [0, 0.05) is 5.39 Å². The van der Waals surface area contributed by atoms with Gasteiger partial charge in [-0.05, 0) is 61.3 Å². The molecule has 0 atom stereocenters. The summed E-state index contributed by atoms with van der Waals surface area (Å²) in [6.45, 7) is 2.15. The average Bonchev–Trinajstić information content (AvgIpc) is 2.69. The first-order valence-corrected chi connectivity index (χ1v) is 10.1. The Hall–Kier alpha value is -2.38. The molecule has 30 heavy (non-hydrogen) atoms. The van der Waals surface area contributed by atoms with Crippen molar-refractivity contribution in [3.8, 4) is 11.5 Å². The molecule has 0 saturated heterocycles. The Bertz CT molecular complexity index is 902. The van der Waals surface area contributed by atoms with Crippen LogP contribution in [0.25, 0.3) is 10.8 Å². The summed E-state index contributed by atoms with van der Waals surface area (Å²) in [6, 6.07) is 4.35. The van der Waals surface area contributed by atoms with Crippen molar-refractivity contribution in [1.82, 2.24) is 0 Å². The molecule has 0 heterocycles. The molecule has 3 rings (SSSR count). The Morgan fingerprint density at radius 2 is 1.80 bits per heavy atom. The summed E-state index contributed by atoms with van der Waals surface area (Å²) in [7, 11) is 0. The highest BCUT2D eigenvalue weighted by Gasteiger charge is 2.34. The molecule has 1 saturated carbocycles. The smallest absolute Gasteiger partial charge is 0.426 e. The maximum absolute atomic E-state index is 14.3. The summed E-state index contributed by atoms with van der Waals surface area (Å²) < 4.78 is 74.1. The predicted molar refractivity (Wildman–Crippen MR) is 101 cm³/mol. The van der Waals surface area contributed by atoms with E-state index in [2.05, 4.69) is 11.7 Å². The Morgan fingerprint density at radius 3 is 2.43 bits per heavy atom. The van der Waals surface area contributed by atoms with E-state index < -0.39 is 29.7 Å². The van der Waals surface area contributed by atoms with Gasteiger partial charge in [0.05, 0.1) is 5.92 Å².